The second-order valence-electron chi connectivity index (χ2n) is 14.1. The largest absolute Gasteiger partial charge is 0.510 e. The molecule has 56 heavy (non-hydrogen) atoms. The van der Waals surface area contributed by atoms with Crippen LogP contribution in [0.1, 0.15) is 51.7 Å². The molecular weight excluding hydrogens is 728 g/mol. The van der Waals surface area contributed by atoms with Crippen molar-refractivity contribution in [1.29, 1.82) is 0 Å². The first-order valence-corrected chi connectivity index (χ1v) is 17.7. The van der Waals surface area contributed by atoms with E-state index in [-0.39, 0.29) is 24.3 Å². The van der Waals surface area contributed by atoms with Gasteiger partial charge in [0.1, 0.15) is 30.3 Å². The fourth-order valence-corrected chi connectivity index (χ4v) is 7.75. The summed E-state index contributed by atoms with van der Waals surface area (Å²) in [5, 5.41) is 65.1. The number of rotatable bonds is 10. The first kappa shape index (κ1) is 39.6. The molecular formula is C40H42N4O12. The van der Waals surface area contributed by atoms with Crippen molar-refractivity contribution >= 4 is 29.7 Å². The molecule has 0 radical (unpaired) electrons. The van der Waals surface area contributed by atoms with Crippen molar-refractivity contribution in [2.24, 2.45) is 11.8 Å². The van der Waals surface area contributed by atoms with E-state index in [9.17, 15) is 49.5 Å². The van der Waals surface area contributed by atoms with E-state index in [0.29, 0.717) is 16.7 Å². The molecule has 0 bridgehead atoms. The molecule has 0 saturated heterocycles. The lowest BCUT2D eigenvalue weighted by molar-refractivity contribution is -0.162. The van der Waals surface area contributed by atoms with Crippen LogP contribution in [-0.4, -0.2) is 98.6 Å². The Morgan fingerprint density at radius 3 is 2.05 bits per heavy atom. The number of Topliss-reactive ketones (excluding diaryl/α,β-unsaturated/α-hetero) is 2. The number of hydrogen-bond acceptors (Lipinski definition) is 13. The Labute approximate surface area is 321 Å². The topological polar surface area (TPSA) is 244 Å². The molecule has 0 aliphatic heterocycles. The van der Waals surface area contributed by atoms with Gasteiger partial charge in [0.05, 0.1) is 24.7 Å². The summed E-state index contributed by atoms with van der Waals surface area (Å²) in [6, 6.07) is 20.5. The van der Waals surface area contributed by atoms with Crippen molar-refractivity contribution in [1.82, 2.24) is 20.9 Å². The van der Waals surface area contributed by atoms with Gasteiger partial charge in [0.25, 0.3) is 5.91 Å². The number of likely N-dealkylation sites (N-methyl/N-ethyl adjacent to an activating group) is 1. The molecule has 0 saturated carbocycles. The molecule has 294 valence electrons. The van der Waals surface area contributed by atoms with Crippen LogP contribution in [0.3, 0.4) is 0 Å². The highest BCUT2D eigenvalue weighted by atomic mass is 16.6. The van der Waals surface area contributed by atoms with Crippen molar-refractivity contribution in [3.63, 3.8) is 0 Å². The molecule has 0 spiro atoms. The molecule has 0 heterocycles. The molecule has 3 amide bonds. The third-order valence-electron chi connectivity index (χ3n) is 10.5. The lowest BCUT2D eigenvalue weighted by Gasteiger charge is -2.53. The predicted octanol–water partition coefficient (Wildman–Crippen LogP) is 2.38. The standard InChI is InChI=1S/C40H42N4O12/c1-20-24-15-14-23(36(50)43-39(53)56-18-22-12-8-5-9-13-22)16-25(24)31(45)27-26(20)32(46)29-30(44(2)3)33(47)28(35(49)40(29,54)34(27)48)37(51)41-19-42-38(52)55-17-21-10-6-4-7-11-21/h4-16,20,26,29-30,32,36,46-48,50,54H,17-19H2,1-3H3,(H,41,51)(H,42,52)(H,43,53). The van der Waals surface area contributed by atoms with Crippen LogP contribution in [-0.2, 0) is 32.3 Å². The van der Waals surface area contributed by atoms with E-state index in [1.54, 1.807) is 67.6 Å². The number of aliphatic hydroxyl groups is 5. The van der Waals surface area contributed by atoms with Crippen molar-refractivity contribution in [2.75, 3.05) is 20.8 Å². The molecule has 6 rings (SSSR count). The second kappa shape index (κ2) is 16.0. The Hall–Kier alpha value is -6.07. The maximum Gasteiger partial charge on any atom is 0.409 e. The van der Waals surface area contributed by atoms with Crippen LogP contribution in [0.2, 0.25) is 0 Å². The number of alkyl carbamates (subject to hydrolysis) is 2. The van der Waals surface area contributed by atoms with E-state index in [2.05, 4.69) is 16.0 Å². The van der Waals surface area contributed by atoms with Gasteiger partial charge >= 0.3 is 12.2 Å². The van der Waals surface area contributed by atoms with Crippen LogP contribution in [0, 0.1) is 11.8 Å². The summed E-state index contributed by atoms with van der Waals surface area (Å²) in [6.07, 6.45) is -5.21. The normalized spacial score (nSPS) is 24.7. The molecule has 3 aliphatic rings. The molecule has 7 atom stereocenters. The van der Waals surface area contributed by atoms with E-state index >= 15 is 0 Å². The van der Waals surface area contributed by atoms with Crippen molar-refractivity contribution in [2.45, 2.75) is 50.0 Å². The van der Waals surface area contributed by atoms with Gasteiger partial charge in [0, 0.05) is 22.6 Å². The van der Waals surface area contributed by atoms with Crippen LogP contribution in [0.4, 0.5) is 9.59 Å². The van der Waals surface area contributed by atoms with Gasteiger partial charge in [-0.1, -0.05) is 79.7 Å². The van der Waals surface area contributed by atoms with E-state index in [0.717, 1.165) is 0 Å². The lowest BCUT2D eigenvalue weighted by Crippen LogP contribution is -2.68. The SMILES string of the molecule is CC1c2ccc(C(O)NC(=O)OCc3ccccc3)cc2C(=O)C2=C(O)C3(O)C(=O)C(C(=O)NCNC(=O)OCc4ccccc4)=C(O)C(N(C)C)C3C(O)C21. The van der Waals surface area contributed by atoms with Gasteiger partial charge in [0.2, 0.25) is 5.78 Å². The summed E-state index contributed by atoms with van der Waals surface area (Å²) < 4.78 is 10.3. The Kier molecular flexibility index (Phi) is 11.3. The minimum atomic E-state index is -3.07. The zero-order chi connectivity index (χ0) is 40.5. The smallest absolute Gasteiger partial charge is 0.409 e. The summed E-state index contributed by atoms with van der Waals surface area (Å²) in [7, 11) is 2.92. The van der Waals surface area contributed by atoms with Gasteiger partial charge in [-0.15, -0.1) is 0 Å². The quantitative estimate of drug-likeness (QED) is 0.109. The number of nitrogens with one attached hydrogen (secondary N) is 3. The summed E-state index contributed by atoms with van der Waals surface area (Å²) in [5.41, 5.74) is -2.68. The van der Waals surface area contributed by atoms with Gasteiger partial charge in [-0.2, -0.15) is 0 Å². The number of carbonyl (C=O) groups is 5. The Morgan fingerprint density at radius 2 is 1.46 bits per heavy atom. The summed E-state index contributed by atoms with van der Waals surface area (Å²) in [5.74, 6) is -9.09. The molecule has 0 fully saturated rings. The first-order valence-electron chi connectivity index (χ1n) is 17.7. The van der Waals surface area contributed by atoms with E-state index < -0.39 is 101 Å². The average Bonchev–Trinajstić information content (AvgIpc) is 3.18. The summed E-state index contributed by atoms with van der Waals surface area (Å²) in [6.45, 7) is 0.966. The van der Waals surface area contributed by atoms with Gasteiger partial charge in [-0.3, -0.25) is 24.6 Å². The Balaban J connectivity index is 1.25. The monoisotopic (exact) mass is 770 g/mol. The van der Waals surface area contributed by atoms with E-state index in [1.165, 1.54) is 37.2 Å². The zero-order valence-corrected chi connectivity index (χ0v) is 30.6. The number of amides is 3. The minimum absolute atomic E-state index is 0.0467. The third kappa shape index (κ3) is 7.22. The molecule has 0 aromatic heterocycles. The molecule has 3 aromatic carbocycles. The van der Waals surface area contributed by atoms with Crippen LogP contribution in [0.25, 0.3) is 0 Å². The number of ketones is 2. The Morgan fingerprint density at radius 1 is 0.875 bits per heavy atom. The van der Waals surface area contributed by atoms with E-state index in [4.69, 9.17) is 9.47 Å². The van der Waals surface area contributed by atoms with E-state index in [1.807, 2.05) is 0 Å². The predicted molar refractivity (Wildman–Crippen MR) is 196 cm³/mol. The highest BCUT2D eigenvalue weighted by molar-refractivity contribution is 6.25. The number of fused-ring (bicyclic) bond motifs is 3. The van der Waals surface area contributed by atoms with Crippen LogP contribution in [0.5, 0.6) is 0 Å². The fraction of sp³-hybridized carbons (Fsp3) is 0.325. The maximum absolute atomic E-state index is 14.2. The van der Waals surface area contributed by atoms with Gasteiger partial charge in [0.15, 0.2) is 17.6 Å². The number of benzene rings is 3. The number of hydrogen-bond donors (Lipinski definition) is 8. The molecule has 8 N–H and O–H groups in total. The van der Waals surface area contributed by atoms with Gasteiger partial charge < -0.3 is 45.6 Å². The highest BCUT2D eigenvalue weighted by Gasteiger charge is 2.67. The average molecular weight is 771 g/mol. The lowest BCUT2D eigenvalue weighted by atomic mass is 9.55. The zero-order valence-electron chi connectivity index (χ0n) is 30.6. The highest BCUT2D eigenvalue weighted by Crippen LogP contribution is 2.54. The molecule has 7 unspecified atom stereocenters. The maximum atomic E-state index is 14.2. The molecule has 16 heteroatoms. The van der Waals surface area contributed by atoms with Crippen LogP contribution >= 0.6 is 0 Å². The third-order valence-corrected chi connectivity index (χ3v) is 10.5. The summed E-state index contributed by atoms with van der Waals surface area (Å²) in [4.78, 5) is 67.8. The Bertz CT molecular complexity index is 2100. The molecule has 3 aromatic rings. The van der Waals surface area contributed by atoms with Crippen LogP contribution in [0.15, 0.2) is 102 Å². The number of nitrogens with zero attached hydrogens (tertiary/aromatic N) is 1. The first-order chi connectivity index (χ1) is 26.7. The van der Waals surface area contributed by atoms with Crippen molar-refractivity contribution in [3.8, 4) is 0 Å². The van der Waals surface area contributed by atoms with Crippen molar-refractivity contribution < 1.29 is 59.0 Å². The number of carbonyl (C=O) groups excluding carboxylic acids is 5. The number of ether oxygens (including phenoxy) is 2. The molecule has 16 nitrogen and oxygen atoms in total. The van der Waals surface area contributed by atoms with Gasteiger partial charge in [-0.05, 0) is 42.8 Å². The van der Waals surface area contributed by atoms with Gasteiger partial charge in [-0.25, -0.2) is 9.59 Å². The fourth-order valence-electron chi connectivity index (χ4n) is 7.75. The van der Waals surface area contributed by atoms with Crippen molar-refractivity contribution in [3.05, 3.63) is 129 Å². The molecule has 3 aliphatic carbocycles. The van der Waals surface area contributed by atoms with Crippen LogP contribution < -0.4 is 16.0 Å². The summed E-state index contributed by atoms with van der Waals surface area (Å²) >= 11 is 0. The second-order valence-corrected chi connectivity index (χ2v) is 14.1. The number of aliphatic hydroxyl groups excluding tert-OH is 4. The minimum Gasteiger partial charge on any atom is -0.510 e.